The minimum Gasteiger partial charge on any atom is -0.481 e. The van der Waals surface area contributed by atoms with E-state index in [1.807, 2.05) is 0 Å². The summed E-state index contributed by atoms with van der Waals surface area (Å²) in [5.74, 6) is 0.106. The number of likely N-dealkylation sites (tertiary alicyclic amines) is 1. The number of rotatable bonds is 5. The van der Waals surface area contributed by atoms with Crippen molar-refractivity contribution in [3.8, 4) is 0 Å². The Labute approximate surface area is 92.5 Å². The van der Waals surface area contributed by atoms with Crippen molar-refractivity contribution in [1.82, 2.24) is 4.90 Å². The van der Waals surface area contributed by atoms with Gasteiger partial charge in [-0.3, -0.25) is 4.79 Å². The molecule has 0 amide bonds. The molecule has 3 nitrogen and oxygen atoms in total. The third-order valence-corrected chi connectivity index (χ3v) is 3.32. The summed E-state index contributed by atoms with van der Waals surface area (Å²) in [7, 11) is 0. The van der Waals surface area contributed by atoms with Crippen molar-refractivity contribution in [2.45, 2.75) is 39.5 Å². The highest BCUT2D eigenvalue weighted by Gasteiger charge is 2.21. The zero-order valence-corrected chi connectivity index (χ0v) is 9.91. The molecule has 0 aliphatic carbocycles. The lowest BCUT2D eigenvalue weighted by Crippen LogP contribution is -2.36. The minimum atomic E-state index is -0.661. The molecular weight excluding hydrogens is 190 g/mol. The number of carboxylic acid groups (broad SMARTS) is 1. The van der Waals surface area contributed by atoms with E-state index in [1.165, 1.54) is 19.3 Å². The first kappa shape index (κ1) is 12.5. The van der Waals surface area contributed by atoms with Crippen LogP contribution in [-0.2, 0) is 4.79 Å². The number of aliphatic carboxylic acids is 1. The highest BCUT2D eigenvalue weighted by atomic mass is 16.4. The maximum Gasteiger partial charge on any atom is 0.303 e. The normalized spacial score (nSPS) is 20.5. The van der Waals surface area contributed by atoms with Gasteiger partial charge >= 0.3 is 5.97 Å². The Morgan fingerprint density at radius 3 is 2.33 bits per heavy atom. The molecular formula is C12H23NO2. The van der Waals surface area contributed by atoms with Crippen LogP contribution in [0, 0.1) is 11.8 Å². The molecule has 0 saturated carbocycles. The zero-order chi connectivity index (χ0) is 11.3. The average Bonchev–Trinajstić information content (AvgIpc) is 2.17. The van der Waals surface area contributed by atoms with Crippen LogP contribution in [0.25, 0.3) is 0 Å². The third kappa shape index (κ3) is 4.65. The smallest absolute Gasteiger partial charge is 0.303 e. The van der Waals surface area contributed by atoms with Crippen LogP contribution in [0.5, 0.6) is 0 Å². The highest BCUT2D eigenvalue weighted by Crippen LogP contribution is 2.19. The molecule has 1 aliphatic heterocycles. The predicted molar refractivity (Wildman–Crippen MR) is 60.9 cm³/mol. The van der Waals surface area contributed by atoms with E-state index in [-0.39, 0.29) is 0 Å². The molecule has 0 aromatic heterocycles. The standard InChI is InChI=1S/C12H23NO2/c1-10(2)11(8-12(14)15)9-13-6-4-3-5-7-13/h10-11H,3-9H2,1-2H3,(H,14,15). The van der Waals surface area contributed by atoms with E-state index < -0.39 is 5.97 Å². The summed E-state index contributed by atoms with van der Waals surface area (Å²) in [5, 5.41) is 8.84. The van der Waals surface area contributed by atoms with E-state index in [4.69, 9.17) is 5.11 Å². The van der Waals surface area contributed by atoms with E-state index in [1.54, 1.807) is 0 Å². The molecule has 1 unspecified atom stereocenters. The fourth-order valence-electron chi connectivity index (χ4n) is 2.21. The van der Waals surface area contributed by atoms with Crippen LogP contribution in [0.3, 0.4) is 0 Å². The molecule has 0 spiro atoms. The number of carbonyl (C=O) groups is 1. The van der Waals surface area contributed by atoms with Crippen LogP contribution in [0.4, 0.5) is 0 Å². The molecule has 1 N–H and O–H groups in total. The summed E-state index contributed by atoms with van der Waals surface area (Å²) < 4.78 is 0. The zero-order valence-electron chi connectivity index (χ0n) is 9.91. The van der Waals surface area contributed by atoms with Gasteiger partial charge in [0, 0.05) is 13.0 Å². The van der Waals surface area contributed by atoms with E-state index in [9.17, 15) is 4.79 Å². The van der Waals surface area contributed by atoms with Crippen molar-refractivity contribution >= 4 is 5.97 Å². The van der Waals surface area contributed by atoms with E-state index >= 15 is 0 Å². The van der Waals surface area contributed by atoms with Crippen molar-refractivity contribution in [3.05, 3.63) is 0 Å². The number of hydrogen-bond acceptors (Lipinski definition) is 2. The molecule has 3 heteroatoms. The molecule has 1 heterocycles. The monoisotopic (exact) mass is 213 g/mol. The maximum atomic E-state index is 10.7. The van der Waals surface area contributed by atoms with Gasteiger partial charge in [0.05, 0.1) is 0 Å². The molecule has 1 rings (SSSR count). The Hall–Kier alpha value is -0.570. The molecule has 1 fully saturated rings. The van der Waals surface area contributed by atoms with Gasteiger partial charge in [0.25, 0.3) is 0 Å². The van der Waals surface area contributed by atoms with Gasteiger partial charge in [-0.15, -0.1) is 0 Å². The molecule has 0 aromatic rings. The number of carboxylic acids is 1. The molecule has 1 atom stereocenters. The van der Waals surface area contributed by atoms with Crippen molar-refractivity contribution in [2.24, 2.45) is 11.8 Å². The Bertz CT molecular complexity index is 198. The molecule has 1 aliphatic rings. The van der Waals surface area contributed by atoms with Gasteiger partial charge in [0.2, 0.25) is 0 Å². The van der Waals surface area contributed by atoms with Gasteiger partial charge in [-0.05, 0) is 37.8 Å². The van der Waals surface area contributed by atoms with E-state index in [0.29, 0.717) is 18.3 Å². The first-order chi connectivity index (χ1) is 7.09. The largest absolute Gasteiger partial charge is 0.481 e. The second-order valence-corrected chi connectivity index (χ2v) is 4.96. The SMILES string of the molecule is CC(C)C(CC(=O)O)CN1CCCCC1. The van der Waals surface area contributed by atoms with Crippen molar-refractivity contribution in [1.29, 1.82) is 0 Å². The van der Waals surface area contributed by atoms with E-state index in [0.717, 1.165) is 19.6 Å². The lowest BCUT2D eigenvalue weighted by atomic mass is 9.91. The molecule has 0 aromatic carbocycles. The number of hydrogen-bond donors (Lipinski definition) is 1. The topological polar surface area (TPSA) is 40.5 Å². The summed E-state index contributed by atoms with van der Waals surface area (Å²) in [6.07, 6.45) is 4.20. The summed E-state index contributed by atoms with van der Waals surface area (Å²) >= 11 is 0. The van der Waals surface area contributed by atoms with Crippen LogP contribution >= 0.6 is 0 Å². The van der Waals surface area contributed by atoms with Crippen LogP contribution in [0.1, 0.15) is 39.5 Å². The third-order valence-electron chi connectivity index (χ3n) is 3.32. The second kappa shape index (κ2) is 6.11. The van der Waals surface area contributed by atoms with Crippen LogP contribution in [-0.4, -0.2) is 35.6 Å². The van der Waals surface area contributed by atoms with Gasteiger partial charge in [0.15, 0.2) is 0 Å². The van der Waals surface area contributed by atoms with Gasteiger partial charge in [-0.25, -0.2) is 0 Å². The van der Waals surface area contributed by atoms with Crippen LogP contribution in [0.15, 0.2) is 0 Å². The molecule has 15 heavy (non-hydrogen) atoms. The Morgan fingerprint density at radius 1 is 1.27 bits per heavy atom. The summed E-state index contributed by atoms with van der Waals surface area (Å²) in [6.45, 7) is 7.52. The molecule has 1 saturated heterocycles. The Morgan fingerprint density at radius 2 is 1.87 bits per heavy atom. The fraction of sp³-hybridized carbons (Fsp3) is 0.917. The summed E-state index contributed by atoms with van der Waals surface area (Å²) in [6, 6.07) is 0. The van der Waals surface area contributed by atoms with Crippen molar-refractivity contribution in [3.63, 3.8) is 0 Å². The van der Waals surface area contributed by atoms with Gasteiger partial charge < -0.3 is 10.0 Å². The molecule has 0 radical (unpaired) electrons. The quantitative estimate of drug-likeness (QED) is 0.761. The molecule has 0 bridgehead atoms. The number of nitrogens with zero attached hydrogens (tertiary/aromatic N) is 1. The van der Waals surface area contributed by atoms with Gasteiger partial charge in [0.1, 0.15) is 0 Å². The highest BCUT2D eigenvalue weighted by molar-refractivity contribution is 5.67. The van der Waals surface area contributed by atoms with Gasteiger partial charge in [-0.2, -0.15) is 0 Å². The lowest BCUT2D eigenvalue weighted by Gasteiger charge is -2.31. The minimum absolute atomic E-state index is 0.306. The Balaban J connectivity index is 2.38. The fourth-order valence-corrected chi connectivity index (χ4v) is 2.21. The maximum absolute atomic E-state index is 10.7. The predicted octanol–water partition coefficient (Wildman–Crippen LogP) is 2.22. The van der Waals surface area contributed by atoms with Crippen molar-refractivity contribution in [2.75, 3.05) is 19.6 Å². The average molecular weight is 213 g/mol. The van der Waals surface area contributed by atoms with Gasteiger partial charge in [-0.1, -0.05) is 20.3 Å². The van der Waals surface area contributed by atoms with E-state index in [2.05, 4.69) is 18.7 Å². The first-order valence-corrected chi connectivity index (χ1v) is 6.03. The van der Waals surface area contributed by atoms with Crippen LogP contribution in [0.2, 0.25) is 0 Å². The number of piperidine rings is 1. The first-order valence-electron chi connectivity index (χ1n) is 6.03. The van der Waals surface area contributed by atoms with Crippen molar-refractivity contribution < 1.29 is 9.90 Å². The summed E-state index contributed by atoms with van der Waals surface area (Å²) in [5.41, 5.74) is 0. The molecule has 88 valence electrons. The summed E-state index contributed by atoms with van der Waals surface area (Å²) in [4.78, 5) is 13.2. The second-order valence-electron chi connectivity index (χ2n) is 4.96. The lowest BCUT2D eigenvalue weighted by molar-refractivity contribution is -0.138. The Kier molecular flexibility index (Phi) is 5.09. The van der Waals surface area contributed by atoms with Crippen LogP contribution < -0.4 is 0 Å².